The molecule has 1 aliphatic heterocycles. The van der Waals surface area contributed by atoms with Gasteiger partial charge in [0.15, 0.2) is 0 Å². The molecule has 3 rings (SSSR count). The average Bonchev–Trinajstić information content (AvgIpc) is 2.80. The Labute approximate surface area is 140 Å². The maximum absolute atomic E-state index is 13.4. The Morgan fingerprint density at radius 2 is 2.14 bits per heavy atom. The molecule has 0 N–H and O–H groups in total. The Kier molecular flexibility index (Phi) is 3.77. The molecule has 1 aromatic carbocycles. The summed E-state index contributed by atoms with van der Waals surface area (Å²) >= 11 is 19.3. The van der Waals surface area contributed by atoms with Crippen molar-refractivity contribution in [3.63, 3.8) is 0 Å². The van der Waals surface area contributed by atoms with E-state index in [2.05, 4.69) is 0 Å². The van der Waals surface area contributed by atoms with Gasteiger partial charge in [0.2, 0.25) is 10.1 Å². The van der Waals surface area contributed by atoms with Gasteiger partial charge in [0.05, 0.1) is 15.7 Å². The van der Waals surface area contributed by atoms with Crippen molar-refractivity contribution in [3.05, 3.63) is 45.7 Å². The van der Waals surface area contributed by atoms with Gasteiger partial charge in [-0.05, 0) is 31.2 Å². The number of halogens is 4. The molecule has 1 aliphatic carbocycles. The van der Waals surface area contributed by atoms with Gasteiger partial charge in [-0.1, -0.05) is 46.6 Å². The average molecular weight is 365 g/mol. The molecule has 0 spiro atoms. The van der Waals surface area contributed by atoms with Gasteiger partial charge in [0, 0.05) is 17.0 Å². The number of alkyl halides is 2. The summed E-state index contributed by atoms with van der Waals surface area (Å²) in [6, 6.07) is 4.60. The van der Waals surface area contributed by atoms with Gasteiger partial charge >= 0.3 is 0 Å². The molecule has 0 saturated heterocycles. The third-order valence-electron chi connectivity index (χ3n) is 3.34. The molecule has 0 unspecified atom stereocenters. The number of benzene rings is 1. The summed E-state index contributed by atoms with van der Waals surface area (Å²) in [6.07, 6.45) is 1.69. The quantitative estimate of drug-likeness (QED) is 0.700. The third kappa shape index (κ3) is 2.29. The lowest BCUT2D eigenvalue weighted by Gasteiger charge is -2.30. The standard InChI is InChI=1S/C14H9Cl3FNOS/c1-2-19-9-5-7(18)3-4-10(9)21-11(19)6-8-12(15)13(20)14(8,16)17/h3-6H,2H2,1H3. The molecule has 0 saturated carbocycles. The van der Waals surface area contributed by atoms with E-state index < -0.39 is 10.1 Å². The first-order chi connectivity index (χ1) is 9.86. The Bertz CT molecular complexity index is 714. The van der Waals surface area contributed by atoms with E-state index in [1.807, 2.05) is 11.8 Å². The number of carbonyl (C=O) groups excluding carboxylic acids is 1. The molecule has 2 aliphatic rings. The summed E-state index contributed by atoms with van der Waals surface area (Å²) in [5.74, 6) is -0.789. The fourth-order valence-corrected chi connectivity index (χ4v) is 4.41. The van der Waals surface area contributed by atoms with Gasteiger partial charge in [-0.25, -0.2) is 4.39 Å². The number of nitrogens with zero attached hydrogens (tertiary/aromatic N) is 1. The van der Waals surface area contributed by atoms with Gasteiger partial charge in [0.25, 0.3) is 0 Å². The monoisotopic (exact) mass is 363 g/mol. The van der Waals surface area contributed by atoms with Crippen LogP contribution in [0.15, 0.2) is 44.8 Å². The molecule has 21 heavy (non-hydrogen) atoms. The highest BCUT2D eigenvalue weighted by Gasteiger charge is 2.50. The zero-order valence-corrected chi connectivity index (χ0v) is 13.9. The molecule has 1 aromatic rings. The topological polar surface area (TPSA) is 20.3 Å². The van der Waals surface area contributed by atoms with Crippen molar-refractivity contribution in [1.29, 1.82) is 0 Å². The van der Waals surface area contributed by atoms with Crippen molar-refractivity contribution >= 4 is 58.0 Å². The van der Waals surface area contributed by atoms with Crippen molar-refractivity contribution in [2.45, 2.75) is 16.2 Å². The highest BCUT2D eigenvalue weighted by molar-refractivity contribution is 8.03. The SMILES string of the molecule is CCN1C(=CC2=C(Cl)C(=O)C2(Cl)Cl)Sc2ccc(F)cc21. The van der Waals surface area contributed by atoms with Crippen LogP contribution in [0.5, 0.6) is 0 Å². The third-order valence-corrected chi connectivity index (χ3v) is 5.57. The lowest BCUT2D eigenvalue weighted by molar-refractivity contribution is -0.116. The van der Waals surface area contributed by atoms with Gasteiger partial charge in [-0.2, -0.15) is 0 Å². The predicted molar refractivity (Wildman–Crippen MR) is 85.7 cm³/mol. The first-order valence-electron chi connectivity index (χ1n) is 6.15. The molecule has 0 aromatic heterocycles. The Morgan fingerprint density at radius 3 is 2.76 bits per heavy atom. The predicted octanol–water partition coefficient (Wildman–Crippen LogP) is 4.85. The second kappa shape index (κ2) is 5.20. The number of ketones is 1. The van der Waals surface area contributed by atoms with Gasteiger partial charge in [0.1, 0.15) is 5.82 Å². The van der Waals surface area contributed by atoms with Crippen LogP contribution in [0.3, 0.4) is 0 Å². The minimum absolute atomic E-state index is 0.0475. The molecule has 7 heteroatoms. The van der Waals surface area contributed by atoms with Crippen molar-refractivity contribution in [2.24, 2.45) is 0 Å². The van der Waals surface area contributed by atoms with E-state index in [1.165, 1.54) is 23.9 Å². The zero-order chi connectivity index (χ0) is 15.4. The Balaban J connectivity index is 2.03. The molecule has 1 heterocycles. The van der Waals surface area contributed by atoms with Crippen LogP contribution in [0.25, 0.3) is 0 Å². The maximum atomic E-state index is 13.4. The van der Waals surface area contributed by atoms with E-state index in [0.29, 0.717) is 12.1 Å². The first kappa shape index (κ1) is 15.2. The van der Waals surface area contributed by atoms with E-state index in [0.717, 1.165) is 15.6 Å². The van der Waals surface area contributed by atoms with Gasteiger partial charge in [-0.3, -0.25) is 4.79 Å². The molecule has 2 nitrogen and oxygen atoms in total. The number of hydrogen-bond donors (Lipinski definition) is 0. The normalized spacial score (nSPS) is 21.9. The van der Waals surface area contributed by atoms with Crippen LogP contribution in [-0.4, -0.2) is 16.7 Å². The number of allylic oxidation sites excluding steroid dienone is 3. The van der Waals surface area contributed by atoms with E-state index in [4.69, 9.17) is 34.8 Å². The van der Waals surface area contributed by atoms with Crippen LogP contribution >= 0.6 is 46.6 Å². The van der Waals surface area contributed by atoms with Crippen LogP contribution in [0.2, 0.25) is 0 Å². The van der Waals surface area contributed by atoms with Crippen LogP contribution < -0.4 is 4.90 Å². The number of anilines is 1. The number of Topliss-reactive ketones (excluding diaryl/α,β-unsaturated/α-hetero) is 1. The highest BCUT2D eigenvalue weighted by atomic mass is 35.5. The zero-order valence-electron chi connectivity index (χ0n) is 10.8. The number of rotatable bonds is 2. The second-order valence-electron chi connectivity index (χ2n) is 4.57. The molecule has 0 fully saturated rings. The van der Waals surface area contributed by atoms with Crippen LogP contribution in [-0.2, 0) is 4.79 Å². The Morgan fingerprint density at radius 1 is 1.43 bits per heavy atom. The Hall–Kier alpha value is -0.680. The van der Waals surface area contributed by atoms with E-state index in [9.17, 15) is 9.18 Å². The summed E-state index contributed by atoms with van der Waals surface area (Å²) in [7, 11) is 0. The molecular weight excluding hydrogens is 356 g/mol. The van der Waals surface area contributed by atoms with Gasteiger partial charge < -0.3 is 4.90 Å². The summed E-state index contributed by atoms with van der Waals surface area (Å²) in [6.45, 7) is 2.59. The van der Waals surface area contributed by atoms with E-state index in [-0.39, 0.29) is 10.8 Å². The fourth-order valence-electron chi connectivity index (χ4n) is 2.24. The van der Waals surface area contributed by atoms with Crippen molar-refractivity contribution in [2.75, 3.05) is 11.4 Å². The van der Waals surface area contributed by atoms with Gasteiger partial charge in [-0.15, -0.1) is 0 Å². The number of hydrogen-bond acceptors (Lipinski definition) is 3. The van der Waals surface area contributed by atoms with Crippen molar-refractivity contribution in [1.82, 2.24) is 0 Å². The minimum Gasteiger partial charge on any atom is -0.335 e. The number of thioether (sulfide) groups is 1. The highest BCUT2D eigenvalue weighted by Crippen LogP contribution is 2.51. The number of carbonyl (C=O) groups is 1. The fraction of sp³-hybridized carbons (Fsp3) is 0.214. The summed E-state index contributed by atoms with van der Waals surface area (Å²) in [5.41, 5.74) is 1.16. The first-order valence-corrected chi connectivity index (χ1v) is 8.10. The largest absolute Gasteiger partial charge is 0.335 e. The molecule has 0 atom stereocenters. The summed E-state index contributed by atoms with van der Waals surface area (Å²) in [5, 5.41) is 0.857. The van der Waals surface area contributed by atoms with Crippen LogP contribution in [0, 0.1) is 5.82 Å². The van der Waals surface area contributed by atoms with E-state index >= 15 is 0 Å². The number of fused-ring (bicyclic) bond motifs is 1. The molecular formula is C14H9Cl3FNOS. The lowest BCUT2D eigenvalue weighted by atomic mass is 9.95. The van der Waals surface area contributed by atoms with E-state index in [1.54, 1.807) is 12.1 Å². The maximum Gasteiger partial charge on any atom is 0.215 e. The summed E-state index contributed by atoms with van der Waals surface area (Å²) < 4.78 is 11.8. The lowest BCUT2D eigenvalue weighted by Crippen LogP contribution is -2.39. The molecule has 0 amide bonds. The molecule has 0 radical (unpaired) electrons. The van der Waals surface area contributed by atoms with Crippen LogP contribution in [0.1, 0.15) is 6.92 Å². The summed E-state index contributed by atoms with van der Waals surface area (Å²) in [4.78, 5) is 14.4. The minimum atomic E-state index is -1.59. The van der Waals surface area contributed by atoms with Crippen molar-refractivity contribution in [3.8, 4) is 0 Å². The van der Waals surface area contributed by atoms with Crippen LogP contribution in [0.4, 0.5) is 10.1 Å². The molecule has 110 valence electrons. The smallest absolute Gasteiger partial charge is 0.215 e. The van der Waals surface area contributed by atoms with Crippen molar-refractivity contribution < 1.29 is 9.18 Å². The second-order valence-corrected chi connectivity index (χ2v) is 7.34. The molecule has 0 bridgehead atoms.